The highest BCUT2D eigenvalue weighted by molar-refractivity contribution is 4.73. The Morgan fingerprint density at radius 3 is 1.50 bits per heavy atom. The van der Waals surface area contributed by atoms with E-state index in [4.69, 9.17) is 0 Å². The fourth-order valence-corrected chi connectivity index (χ4v) is 0.948. The van der Waals surface area contributed by atoms with Crippen molar-refractivity contribution in [3.8, 4) is 0 Å². The molecule has 0 spiro atoms. The molecule has 0 radical (unpaired) electrons. The van der Waals surface area contributed by atoms with Gasteiger partial charge >= 0.3 is 0 Å². The van der Waals surface area contributed by atoms with E-state index in [1.165, 1.54) is 0 Å². The number of aliphatic hydroxyl groups is 1. The van der Waals surface area contributed by atoms with Gasteiger partial charge < -0.3 is 9.59 Å². The first kappa shape index (κ1) is 9.92. The zero-order chi connectivity index (χ0) is 8.58. The normalized spacial score (nSPS) is 17.1. The summed E-state index contributed by atoms with van der Waals surface area (Å²) in [5, 5.41) is 9.61. The molecule has 0 aromatic rings. The lowest BCUT2D eigenvalue weighted by Gasteiger charge is -2.38. The third-order valence-electron chi connectivity index (χ3n) is 2.18. The third-order valence-corrected chi connectivity index (χ3v) is 2.18. The van der Waals surface area contributed by atoms with Gasteiger partial charge in [0, 0.05) is 0 Å². The molecule has 0 aromatic carbocycles. The van der Waals surface area contributed by atoms with Gasteiger partial charge in [0.25, 0.3) is 0 Å². The summed E-state index contributed by atoms with van der Waals surface area (Å²) >= 11 is 0. The standard InChI is InChI=1S/C8H20NO/c1-7(8(2,3)10)9(4,5)6/h7,10H,1-6H3/q+1. The summed E-state index contributed by atoms with van der Waals surface area (Å²) in [5.41, 5.74) is -0.585. The summed E-state index contributed by atoms with van der Waals surface area (Å²) in [7, 11) is 6.26. The van der Waals surface area contributed by atoms with Crippen LogP contribution in [-0.4, -0.2) is 42.4 Å². The Labute approximate surface area is 64.1 Å². The molecule has 2 nitrogen and oxygen atoms in total. The minimum Gasteiger partial charge on any atom is -0.384 e. The summed E-state index contributed by atoms with van der Waals surface area (Å²) < 4.78 is 0.795. The van der Waals surface area contributed by atoms with Crippen molar-refractivity contribution in [1.29, 1.82) is 0 Å². The van der Waals surface area contributed by atoms with Crippen LogP contribution in [-0.2, 0) is 0 Å². The highest BCUT2D eigenvalue weighted by atomic mass is 16.3. The highest BCUT2D eigenvalue weighted by Gasteiger charge is 2.32. The van der Waals surface area contributed by atoms with E-state index in [2.05, 4.69) is 28.1 Å². The van der Waals surface area contributed by atoms with Gasteiger partial charge in [0.15, 0.2) is 0 Å². The van der Waals surface area contributed by atoms with Crippen molar-refractivity contribution in [3.63, 3.8) is 0 Å². The number of likely N-dealkylation sites (N-methyl/N-ethyl adjacent to an activating group) is 1. The molecule has 1 unspecified atom stereocenters. The molecular formula is C8H20NO+. The second kappa shape index (κ2) is 2.51. The molecule has 62 valence electrons. The van der Waals surface area contributed by atoms with Gasteiger partial charge in [0.05, 0.1) is 21.1 Å². The Morgan fingerprint density at radius 1 is 1.20 bits per heavy atom. The molecule has 0 bridgehead atoms. The van der Waals surface area contributed by atoms with Gasteiger partial charge in [0.1, 0.15) is 11.6 Å². The van der Waals surface area contributed by atoms with Gasteiger partial charge in [0.2, 0.25) is 0 Å². The summed E-state index contributed by atoms with van der Waals surface area (Å²) in [6.07, 6.45) is 0. The van der Waals surface area contributed by atoms with Crippen molar-refractivity contribution in [2.75, 3.05) is 21.1 Å². The van der Waals surface area contributed by atoms with Crippen LogP contribution in [0, 0.1) is 0 Å². The first-order valence-electron chi connectivity index (χ1n) is 3.69. The number of nitrogens with zero attached hydrogens (tertiary/aromatic N) is 1. The Bertz CT molecular complexity index is 93.4. The number of rotatable bonds is 2. The molecular weight excluding hydrogens is 126 g/mol. The first-order chi connectivity index (χ1) is 4.15. The summed E-state index contributed by atoms with van der Waals surface area (Å²) in [5.74, 6) is 0. The van der Waals surface area contributed by atoms with E-state index in [9.17, 15) is 5.11 Å². The predicted octanol–water partition coefficient (Wildman–Crippen LogP) is 0.852. The molecule has 1 atom stereocenters. The van der Waals surface area contributed by atoms with Gasteiger partial charge in [-0.25, -0.2) is 0 Å². The monoisotopic (exact) mass is 146 g/mol. The molecule has 1 N–H and O–H groups in total. The van der Waals surface area contributed by atoms with E-state index in [1.807, 2.05) is 13.8 Å². The maximum Gasteiger partial charge on any atom is 0.114 e. The predicted molar refractivity (Wildman–Crippen MR) is 43.8 cm³/mol. The lowest BCUT2D eigenvalue weighted by atomic mass is 9.98. The lowest BCUT2D eigenvalue weighted by Crippen LogP contribution is -2.54. The minimum atomic E-state index is -0.585. The number of quaternary nitrogens is 1. The quantitative estimate of drug-likeness (QED) is 0.573. The molecule has 2 heteroatoms. The Hall–Kier alpha value is -0.0800. The van der Waals surface area contributed by atoms with E-state index in [-0.39, 0.29) is 6.04 Å². The maximum absolute atomic E-state index is 9.61. The molecule has 0 aliphatic heterocycles. The average molecular weight is 146 g/mol. The van der Waals surface area contributed by atoms with E-state index in [1.54, 1.807) is 0 Å². The summed E-state index contributed by atoms with van der Waals surface area (Å²) in [6.45, 7) is 5.75. The molecule has 0 aliphatic rings. The van der Waals surface area contributed by atoms with Crippen molar-refractivity contribution >= 4 is 0 Å². The molecule has 10 heavy (non-hydrogen) atoms. The van der Waals surface area contributed by atoms with E-state index in [0.29, 0.717) is 0 Å². The van der Waals surface area contributed by atoms with Crippen molar-refractivity contribution in [1.82, 2.24) is 0 Å². The van der Waals surface area contributed by atoms with Crippen molar-refractivity contribution in [3.05, 3.63) is 0 Å². The van der Waals surface area contributed by atoms with Crippen LogP contribution < -0.4 is 0 Å². The Kier molecular flexibility index (Phi) is 2.49. The second-order valence-corrected chi connectivity index (χ2v) is 4.45. The van der Waals surface area contributed by atoms with Crippen molar-refractivity contribution in [2.45, 2.75) is 32.4 Å². The Balaban J connectivity index is 4.23. The molecule has 0 saturated heterocycles. The van der Waals surface area contributed by atoms with Gasteiger partial charge in [-0.3, -0.25) is 0 Å². The number of hydrogen-bond donors (Lipinski definition) is 1. The summed E-state index contributed by atoms with van der Waals surface area (Å²) in [6, 6.07) is 0.257. The summed E-state index contributed by atoms with van der Waals surface area (Å²) in [4.78, 5) is 0. The third kappa shape index (κ3) is 2.67. The van der Waals surface area contributed by atoms with Crippen LogP contribution in [0.5, 0.6) is 0 Å². The highest BCUT2D eigenvalue weighted by Crippen LogP contribution is 2.16. The smallest absolute Gasteiger partial charge is 0.114 e. The fraction of sp³-hybridized carbons (Fsp3) is 1.00. The van der Waals surface area contributed by atoms with Gasteiger partial charge in [-0.2, -0.15) is 0 Å². The Morgan fingerprint density at radius 2 is 1.50 bits per heavy atom. The molecule has 0 rings (SSSR count). The van der Waals surface area contributed by atoms with Crippen molar-refractivity contribution in [2.24, 2.45) is 0 Å². The number of hydrogen-bond acceptors (Lipinski definition) is 1. The molecule has 0 fully saturated rings. The van der Waals surface area contributed by atoms with Crippen LogP contribution >= 0.6 is 0 Å². The van der Waals surface area contributed by atoms with E-state index in [0.717, 1.165) is 4.48 Å². The topological polar surface area (TPSA) is 20.2 Å². The zero-order valence-electron chi connectivity index (χ0n) is 7.97. The fourth-order valence-electron chi connectivity index (χ4n) is 0.948. The zero-order valence-corrected chi connectivity index (χ0v) is 7.97. The van der Waals surface area contributed by atoms with Crippen LogP contribution in [0.15, 0.2) is 0 Å². The van der Waals surface area contributed by atoms with Crippen LogP contribution in [0.2, 0.25) is 0 Å². The SMILES string of the molecule is CC(C(C)(C)O)[N+](C)(C)C. The van der Waals surface area contributed by atoms with E-state index >= 15 is 0 Å². The van der Waals surface area contributed by atoms with E-state index < -0.39 is 5.60 Å². The van der Waals surface area contributed by atoms with Gasteiger partial charge in [-0.15, -0.1) is 0 Å². The van der Waals surface area contributed by atoms with Crippen molar-refractivity contribution < 1.29 is 9.59 Å². The van der Waals surface area contributed by atoms with Gasteiger partial charge in [-0.1, -0.05) is 0 Å². The first-order valence-corrected chi connectivity index (χ1v) is 3.69. The molecule has 0 aromatic heterocycles. The molecule has 0 amide bonds. The van der Waals surface area contributed by atoms with Crippen LogP contribution in [0.25, 0.3) is 0 Å². The molecule has 0 aliphatic carbocycles. The average Bonchev–Trinajstić information content (AvgIpc) is 1.59. The van der Waals surface area contributed by atoms with Crippen LogP contribution in [0.1, 0.15) is 20.8 Å². The largest absolute Gasteiger partial charge is 0.384 e. The lowest BCUT2D eigenvalue weighted by molar-refractivity contribution is -0.901. The van der Waals surface area contributed by atoms with Crippen LogP contribution in [0.3, 0.4) is 0 Å². The minimum absolute atomic E-state index is 0.257. The molecule has 0 heterocycles. The molecule has 0 saturated carbocycles. The second-order valence-electron chi connectivity index (χ2n) is 4.45. The maximum atomic E-state index is 9.61. The van der Waals surface area contributed by atoms with Gasteiger partial charge in [-0.05, 0) is 20.8 Å². The van der Waals surface area contributed by atoms with Crippen LogP contribution in [0.4, 0.5) is 0 Å².